The van der Waals surface area contributed by atoms with Crippen LogP contribution in [0.1, 0.15) is 187 Å². The highest BCUT2D eigenvalue weighted by Gasteiger charge is 2.35. The van der Waals surface area contributed by atoms with Crippen molar-refractivity contribution in [2.24, 2.45) is 9.98 Å². The number of guanidine groups is 1. The number of rotatable bonds is 18. The van der Waals surface area contributed by atoms with Crippen LogP contribution < -0.4 is 10.1 Å². The maximum absolute atomic E-state index is 14.0. The molecular weight excluding hydrogens is 849 g/mol. The molecule has 0 heterocycles. The van der Waals surface area contributed by atoms with Gasteiger partial charge in [0.15, 0.2) is 0 Å². The molecule has 0 aromatic heterocycles. The molecule has 1 aromatic carbocycles. The van der Waals surface area contributed by atoms with Gasteiger partial charge in [0.05, 0.1) is 6.61 Å². The number of nitrogens with one attached hydrogen (secondary N) is 2. The van der Waals surface area contributed by atoms with Crippen molar-refractivity contribution in [1.82, 2.24) is 15.1 Å². The molecule has 17 heteroatoms. The highest BCUT2D eigenvalue weighted by molar-refractivity contribution is 6.05. The minimum atomic E-state index is -0.988. The third-order valence-corrected chi connectivity index (χ3v) is 8.44. The van der Waals surface area contributed by atoms with E-state index in [0.717, 1.165) is 31.2 Å². The number of alkyl carbamates (subject to hydrolysis) is 1. The minimum absolute atomic E-state index is 0.0562. The van der Waals surface area contributed by atoms with Crippen molar-refractivity contribution in [3.63, 3.8) is 0 Å². The molecule has 374 valence electrons. The molecule has 0 radical (unpaired) electrons. The van der Waals surface area contributed by atoms with E-state index in [1.54, 1.807) is 111 Å². The number of benzene rings is 1. The summed E-state index contributed by atoms with van der Waals surface area (Å²) in [4.78, 5) is 77.1. The fourth-order valence-electron chi connectivity index (χ4n) is 5.76. The number of unbranched alkanes of at least 4 members (excludes halogenated alkanes) is 8. The molecule has 2 N–H and O–H groups in total. The highest BCUT2D eigenvalue weighted by Crippen LogP contribution is 2.20. The van der Waals surface area contributed by atoms with Gasteiger partial charge >= 0.3 is 30.5 Å². The van der Waals surface area contributed by atoms with Crippen LogP contribution in [-0.4, -0.2) is 105 Å². The lowest BCUT2D eigenvalue weighted by atomic mass is 10.1. The Bertz CT molecular complexity index is 1790. The van der Waals surface area contributed by atoms with Gasteiger partial charge in [-0.1, -0.05) is 32.1 Å². The van der Waals surface area contributed by atoms with Crippen LogP contribution in [0.25, 0.3) is 0 Å². The largest absolute Gasteiger partial charge is 0.494 e. The summed E-state index contributed by atoms with van der Waals surface area (Å²) < 4.78 is 33.8. The third kappa shape index (κ3) is 28.6. The molecule has 0 aliphatic heterocycles. The zero-order valence-electron chi connectivity index (χ0n) is 43.0. The van der Waals surface area contributed by atoms with Crippen LogP contribution in [0.4, 0.5) is 24.0 Å². The number of nitrogens with zero attached hydrogens (tertiary/aromatic N) is 4. The van der Waals surface area contributed by atoms with Gasteiger partial charge in [0.1, 0.15) is 39.6 Å². The van der Waals surface area contributed by atoms with E-state index in [9.17, 15) is 24.0 Å². The first-order chi connectivity index (χ1) is 30.2. The molecule has 0 unspecified atom stereocenters. The Morgan fingerprint density at radius 1 is 0.530 bits per heavy atom. The molecule has 66 heavy (non-hydrogen) atoms. The first-order valence-corrected chi connectivity index (χ1v) is 23.2. The van der Waals surface area contributed by atoms with Crippen LogP contribution in [0.3, 0.4) is 0 Å². The van der Waals surface area contributed by atoms with E-state index in [4.69, 9.17) is 33.8 Å². The molecule has 0 bridgehead atoms. The van der Waals surface area contributed by atoms with E-state index in [1.165, 1.54) is 9.80 Å². The van der Waals surface area contributed by atoms with E-state index in [2.05, 4.69) is 15.3 Å². The molecule has 5 amide bonds. The molecule has 1 rings (SSSR count). The van der Waals surface area contributed by atoms with Crippen LogP contribution in [0.5, 0.6) is 5.75 Å². The smallest absolute Gasteiger partial charge is 0.437 e. The Balaban J connectivity index is 3.21. The number of hydrogen-bond acceptors (Lipinski definition) is 12. The highest BCUT2D eigenvalue weighted by atomic mass is 16.6. The zero-order valence-corrected chi connectivity index (χ0v) is 43.0. The van der Waals surface area contributed by atoms with E-state index in [0.29, 0.717) is 63.0 Å². The summed E-state index contributed by atoms with van der Waals surface area (Å²) >= 11 is 0. The molecule has 0 saturated heterocycles. The maximum Gasteiger partial charge on any atom is 0.437 e. The Morgan fingerprint density at radius 3 is 1.35 bits per heavy atom. The first-order valence-electron chi connectivity index (χ1n) is 23.2. The Labute approximate surface area is 394 Å². The standard InChI is InChI=1S/C49H82N6O11/c1-35(50)36-28-30-37(31-29-36)61-34-26-22-25-33-55(44(60)66-49(14,15)16)39(53-42(58)64-47(8,9)10)54(43(59)65-48(11,12)13)32-24-21-19-17-18-20-23-27-38(51-40(56)62-45(2,3)4)52-41(57)63-46(5,6)7/h28-31,50H,17-27,32-34H2,1-16H3,(H,51,52,56,57). The number of amidine groups is 1. The number of amides is 5. The minimum Gasteiger partial charge on any atom is -0.494 e. The molecule has 0 atom stereocenters. The van der Waals surface area contributed by atoms with Crippen molar-refractivity contribution in [3.05, 3.63) is 29.8 Å². The normalized spacial score (nSPS) is 12.7. The summed E-state index contributed by atoms with van der Waals surface area (Å²) in [5.41, 5.74) is -2.95. The lowest BCUT2D eigenvalue weighted by Gasteiger charge is -2.34. The Morgan fingerprint density at radius 2 is 0.924 bits per heavy atom. The fourth-order valence-corrected chi connectivity index (χ4v) is 5.76. The molecule has 17 nitrogen and oxygen atoms in total. The van der Waals surface area contributed by atoms with Crippen LogP contribution in [-0.2, 0) is 23.7 Å². The van der Waals surface area contributed by atoms with Gasteiger partial charge in [-0.15, -0.1) is 4.99 Å². The number of aliphatic imine (C=N–C) groups is 2. The Hall–Kier alpha value is -5.22. The molecule has 0 saturated carbocycles. The average molecular weight is 931 g/mol. The van der Waals surface area contributed by atoms with Gasteiger partial charge in [-0.05, 0) is 173 Å². The quantitative estimate of drug-likeness (QED) is 0.0612. The van der Waals surface area contributed by atoms with E-state index in [-0.39, 0.29) is 24.9 Å². The summed E-state index contributed by atoms with van der Waals surface area (Å²) in [6.07, 6.45) is 3.08. The topological polar surface area (TPSA) is 208 Å². The van der Waals surface area contributed by atoms with Gasteiger partial charge in [-0.3, -0.25) is 5.32 Å². The molecular formula is C49H82N6O11. The van der Waals surface area contributed by atoms with Gasteiger partial charge in [0, 0.05) is 25.2 Å². The fraction of sp³-hybridized carbons (Fsp3) is 0.714. The Kier molecular flexibility index (Phi) is 23.9. The van der Waals surface area contributed by atoms with Gasteiger partial charge in [0.25, 0.3) is 0 Å². The van der Waals surface area contributed by atoms with Crippen molar-refractivity contribution in [2.45, 2.75) is 209 Å². The summed E-state index contributed by atoms with van der Waals surface area (Å²) in [7, 11) is 0. The monoisotopic (exact) mass is 931 g/mol. The molecule has 0 spiro atoms. The van der Waals surface area contributed by atoms with E-state index >= 15 is 0 Å². The summed E-state index contributed by atoms with van der Waals surface area (Å²) in [6, 6.07) is 7.31. The van der Waals surface area contributed by atoms with Crippen LogP contribution >= 0.6 is 0 Å². The number of hydrogen-bond donors (Lipinski definition) is 2. The number of ether oxygens (including phenoxy) is 6. The SMILES string of the molecule is CC(=N)c1ccc(OCCCCCN(C(=O)OC(C)(C)C)C(=NC(=O)OC(C)(C)C)N(CCCCCCCCCC(=NC(=O)OC(C)(C)C)NC(=O)OC(C)(C)C)C(=O)OC(C)(C)C)cc1. The second-order valence-corrected chi connectivity index (χ2v) is 21.1. The number of carbonyl (C=O) groups excluding carboxylic acids is 5. The van der Waals surface area contributed by atoms with E-state index in [1.807, 2.05) is 24.3 Å². The third-order valence-electron chi connectivity index (χ3n) is 8.44. The van der Waals surface area contributed by atoms with Gasteiger partial charge in [-0.2, -0.15) is 4.99 Å². The predicted octanol–water partition coefficient (Wildman–Crippen LogP) is 12.4. The van der Waals surface area contributed by atoms with E-state index < -0.39 is 58.5 Å². The summed E-state index contributed by atoms with van der Waals surface area (Å²) in [6.45, 7) is 28.1. The predicted molar refractivity (Wildman–Crippen MR) is 258 cm³/mol. The van der Waals surface area contributed by atoms with Crippen LogP contribution in [0.2, 0.25) is 0 Å². The molecule has 0 fully saturated rings. The van der Waals surface area contributed by atoms with Crippen LogP contribution in [0, 0.1) is 5.41 Å². The average Bonchev–Trinajstić information content (AvgIpc) is 3.11. The van der Waals surface area contributed by atoms with Crippen LogP contribution in [0.15, 0.2) is 34.3 Å². The van der Waals surface area contributed by atoms with Crippen molar-refractivity contribution < 1.29 is 52.4 Å². The lowest BCUT2D eigenvalue weighted by Crippen LogP contribution is -2.53. The first kappa shape index (κ1) is 58.8. The van der Waals surface area contributed by atoms with Gasteiger partial charge in [0.2, 0.25) is 5.96 Å². The van der Waals surface area contributed by atoms with Crippen molar-refractivity contribution in [3.8, 4) is 5.75 Å². The number of carbonyl (C=O) groups is 5. The van der Waals surface area contributed by atoms with Crippen molar-refractivity contribution in [1.29, 1.82) is 5.41 Å². The molecule has 0 aliphatic rings. The molecule has 1 aromatic rings. The molecule has 0 aliphatic carbocycles. The van der Waals surface area contributed by atoms with Gasteiger partial charge in [-0.25, -0.2) is 33.8 Å². The second kappa shape index (κ2) is 26.8. The summed E-state index contributed by atoms with van der Waals surface area (Å²) in [5, 5.41) is 10.4. The van der Waals surface area contributed by atoms with Crippen molar-refractivity contribution >= 4 is 48.0 Å². The van der Waals surface area contributed by atoms with Gasteiger partial charge < -0.3 is 33.8 Å². The second-order valence-electron chi connectivity index (χ2n) is 21.1. The van der Waals surface area contributed by atoms with Crippen molar-refractivity contribution in [2.75, 3.05) is 19.7 Å². The summed E-state index contributed by atoms with van der Waals surface area (Å²) in [5.74, 6) is 0.589. The zero-order chi connectivity index (χ0) is 50.5. The maximum atomic E-state index is 14.0. The lowest BCUT2D eigenvalue weighted by molar-refractivity contribution is 0.0270.